The van der Waals surface area contributed by atoms with Crippen LogP contribution >= 0.6 is 12.2 Å². The number of carbonyl (C=O) groups is 2. The van der Waals surface area contributed by atoms with Crippen LogP contribution in [0.4, 0.5) is 5.69 Å². The lowest BCUT2D eigenvalue weighted by Crippen LogP contribution is -2.44. The van der Waals surface area contributed by atoms with E-state index in [0.29, 0.717) is 10.7 Å². The minimum Gasteiger partial charge on any atom is -0.389 e. The molecule has 114 valence electrons. The van der Waals surface area contributed by atoms with E-state index >= 15 is 0 Å². The van der Waals surface area contributed by atoms with Crippen molar-refractivity contribution in [1.29, 1.82) is 0 Å². The molecule has 0 aliphatic carbocycles. The number of nitrogens with one attached hydrogen (secondary N) is 2. The maximum atomic E-state index is 12.1. The normalized spacial score (nSPS) is 11.8. The molecule has 7 heteroatoms. The molecule has 0 fully saturated rings. The molecule has 0 aliphatic rings. The number of hydrogen-bond acceptors (Lipinski definition) is 4. The fourth-order valence-corrected chi connectivity index (χ4v) is 1.74. The highest BCUT2D eigenvalue weighted by Crippen LogP contribution is 2.10. The first-order chi connectivity index (χ1) is 9.85. The highest BCUT2D eigenvalue weighted by atomic mass is 32.1. The smallest absolute Gasteiger partial charge is 0.241 e. The molecule has 0 aliphatic heterocycles. The Morgan fingerprint density at radius 1 is 1.33 bits per heavy atom. The van der Waals surface area contributed by atoms with Gasteiger partial charge < -0.3 is 16.4 Å². The Labute approximate surface area is 129 Å². The van der Waals surface area contributed by atoms with Crippen molar-refractivity contribution in [3.8, 4) is 0 Å². The van der Waals surface area contributed by atoms with Gasteiger partial charge in [-0.2, -0.15) is 0 Å². The van der Waals surface area contributed by atoms with E-state index in [0.717, 1.165) is 5.56 Å². The van der Waals surface area contributed by atoms with Gasteiger partial charge >= 0.3 is 0 Å². The van der Waals surface area contributed by atoms with Gasteiger partial charge in [-0.1, -0.05) is 12.2 Å². The molecule has 0 bridgehead atoms. The van der Waals surface area contributed by atoms with Crippen LogP contribution in [0.25, 0.3) is 0 Å². The van der Waals surface area contributed by atoms with Gasteiger partial charge in [-0.3, -0.25) is 14.5 Å². The second kappa shape index (κ2) is 7.70. The largest absolute Gasteiger partial charge is 0.389 e. The van der Waals surface area contributed by atoms with E-state index in [4.69, 9.17) is 18.0 Å². The standard InChI is InChI=1S/C14H20N4O2S/c1-9(18(3)8-12(19)16-2)14(20)17-11-6-4-10(5-7-11)13(15)21/h4-7,9H,8H2,1-3H3,(H2,15,21)(H,16,19)(H,17,20). The number of thiocarbonyl (C=S) groups is 1. The number of hydrogen-bond donors (Lipinski definition) is 3. The number of carbonyl (C=O) groups excluding carboxylic acids is 2. The second-order valence-electron chi connectivity index (χ2n) is 4.70. The Hall–Kier alpha value is -1.99. The summed E-state index contributed by atoms with van der Waals surface area (Å²) in [6.07, 6.45) is 0. The Kier molecular flexibility index (Phi) is 6.26. The van der Waals surface area contributed by atoms with Gasteiger partial charge in [0, 0.05) is 18.3 Å². The monoisotopic (exact) mass is 308 g/mol. The zero-order chi connectivity index (χ0) is 16.0. The van der Waals surface area contributed by atoms with Crippen molar-refractivity contribution in [2.45, 2.75) is 13.0 Å². The van der Waals surface area contributed by atoms with E-state index < -0.39 is 6.04 Å². The summed E-state index contributed by atoms with van der Waals surface area (Å²) in [6, 6.07) is 6.53. The van der Waals surface area contributed by atoms with Crippen LogP contribution in [0.3, 0.4) is 0 Å². The molecule has 0 saturated carbocycles. The molecule has 1 rings (SSSR count). The fourth-order valence-electron chi connectivity index (χ4n) is 1.61. The predicted octanol–water partition coefficient (Wildman–Crippen LogP) is 0.326. The zero-order valence-corrected chi connectivity index (χ0v) is 13.2. The van der Waals surface area contributed by atoms with Crippen LogP contribution in [0.1, 0.15) is 12.5 Å². The molecule has 1 atom stereocenters. The van der Waals surface area contributed by atoms with Crippen molar-refractivity contribution >= 4 is 34.7 Å². The minimum atomic E-state index is -0.433. The van der Waals surface area contributed by atoms with Crippen LogP contribution in [0.5, 0.6) is 0 Å². The zero-order valence-electron chi connectivity index (χ0n) is 12.3. The number of amides is 2. The number of nitrogens with zero attached hydrogens (tertiary/aromatic N) is 1. The summed E-state index contributed by atoms with van der Waals surface area (Å²) in [4.78, 5) is 25.4. The Balaban J connectivity index is 2.63. The number of likely N-dealkylation sites (N-methyl/N-ethyl adjacent to an activating group) is 2. The summed E-state index contributed by atoms with van der Waals surface area (Å²) in [7, 11) is 3.28. The molecule has 1 aromatic rings. The summed E-state index contributed by atoms with van der Waals surface area (Å²) in [5, 5.41) is 5.30. The molecule has 21 heavy (non-hydrogen) atoms. The van der Waals surface area contributed by atoms with Gasteiger partial charge in [0.2, 0.25) is 11.8 Å². The molecule has 1 unspecified atom stereocenters. The second-order valence-corrected chi connectivity index (χ2v) is 5.13. The van der Waals surface area contributed by atoms with Crippen molar-refractivity contribution in [3.05, 3.63) is 29.8 Å². The number of anilines is 1. The van der Waals surface area contributed by atoms with Crippen LogP contribution in [-0.4, -0.2) is 48.4 Å². The van der Waals surface area contributed by atoms with Gasteiger partial charge in [0.25, 0.3) is 0 Å². The molecule has 0 spiro atoms. The van der Waals surface area contributed by atoms with Crippen molar-refractivity contribution < 1.29 is 9.59 Å². The summed E-state index contributed by atoms with van der Waals surface area (Å²) < 4.78 is 0. The fraction of sp³-hybridized carbons (Fsp3) is 0.357. The van der Waals surface area contributed by atoms with E-state index in [1.54, 1.807) is 50.2 Å². The molecular weight excluding hydrogens is 288 g/mol. The Morgan fingerprint density at radius 3 is 2.38 bits per heavy atom. The van der Waals surface area contributed by atoms with Gasteiger partial charge in [0.1, 0.15) is 4.99 Å². The van der Waals surface area contributed by atoms with E-state index in [9.17, 15) is 9.59 Å². The van der Waals surface area contributed by atoms with E-state index in [2.05, 4.69) is 10.6 Å². The van der Waals surface area contributed by atoms with Crippen LogP contribution in [0.2, 0.25) is 0 Å². The average molecular weight is 308 g/mol. The van der Waals surface area contributed by atoms with Crippen LogP contribution < -0.4 is 16.4 Å². The SMILES string of the molecule is CNC(=O)CN(C)C(C)C(=O)Nc1ccc(C(N)=S)cc1. The third kappa shape index (κ3) is 5.13. The van der Waals surface area contributed by atoms with E-state index in [1.165, 1.54) is 0 Å². The molecular formula is C14H20N4O2S. The lowest BCUT2D eigenvalue weighted by atomic mass is 10.2. The van der Waals surface area contributed by atoms with Crippen molar-refractivity contribution in [3.63, 3.8) is 0 Å². The predicted molar refractivity (Wildman–Crippen MR) is 87.1 cm³/mol. The number of rotatable bonds is 6. The van der Waals surface area contributed by atoms with Crippen molar-refractivity contribution in [2.75, 3.05) is 26.0 Å². The van der Waals surface area contributed by atoms with Gasteiger partial charge in [-0.05, 0) is 38.2 Å². The van der Waals surface area contributed by atoms with Crippen LogP contribution in [0.15, 0.2) is 24.3 Å². The summed E-state index contributed by atoms with van der Waals surface area (Å²) >= 11 is 4.87. The van der Waals surface area contributed by atoms with Gasteiger partial charge in [-0.15, -0.1) is 0 Å². The molecule has 0 saturated heterocycles. The minimum absolute atomic E-state index is 0.141. The lowest BCUT2D eigenvalue weighted by molar-refractivity contribution is -0.124. The van der Waals surface area contributed by atoms with E-state index in [1.807, 2.05) is 0 Å². The molecule has 6 nitrogen and oxygen atoms in total. The third-order valence-electron chi connectivity index (χ3n) is 3.15. The van der Waals surface area contributed by atoms with Gasteiger partial charge in [-0.25, -0.2) is 0 Å². The Bertz CT molecular complexity index is 530. The van der Waals surface area contributed by atoms with Gasteiger partial charge in [0.15, 0.2) is 0 Å². The lowest BCUT2D eigenvalue weighted by Gasteiger charge is -2.23. The molecule has 1 aromatic carbocycles. The number of nitrogens with two attached hydrogens (primary N) is 1. The van der Waals surface area contributed by atoms with Gasteiger partial charge in [0.05, 0.1) is 12.6 Å². The molecule has 0 aromatic heterocycles. The first kappa shape index (κ1) is 17.1. The quantitative estimate of drug-likeness (QED) is 0.659. The molecule has 0 radical (unpaired) electrons. The maximum Gasteiger partial charge on any atom is 0.241 e. The summed E-state index contributed by atoms with van der Waals surface area (Å²) in [5.74, 6) is -0.331. The third-order valence-corrected chi connectivity index (χ3v) is 3.39. The maximum absolute atomic E-state index is 12.1. The number of benzene rings is 1. The first-order valence-electron chi connectivity index (χ1n) is 6.46. The molecule has 4 N–H and O–H groups in total. The van der Waals surface area contributed by atoms with Crippen molar-refractivity contribution in [1.82, 2.24) is 10.2 Å². The van der Waals surface area contributed by atoms with Crippen LogP contribution in [-0.2, 0) is 9.59 Å². The highest BCUT2D eigenvalue weighted by Gasteiger charge is 2.19. The van der Waals surface area contributed by atoms with Crippen LogP contribution in [0, 0.1) is 0 Å². The summed E-state index contributed by atoms with van der Waals surface area (Å²) in [5.41, 5.74) is 6.91. The van der Waals surface area contributed by atoms with E-state index in [-0.39, 0.29) is 18.4 Å². The molecule has 0 heterocycles. The average Bonchev–Trinajstić information content (AvgIpc) is 2.46. The highest BCUT2D eigenvalue weighted by molar-refractivity contribution is 7.80. The Morgan fingerprint density at radius 2 is 1.90 bits per heavy atom. The first-order valence-corrected chi connectivity index (χ1v) is 6.87. The summed E-state index contributed by atoms with van der Waals surface area (Å²) in [6.45, 7) is 1.90. The topological polar surface area (TPSA) is 87.5 Å². The molecule has 2 amide bonds. The van der Waals surface area contributed by atoms with Crippen molar-refractivity contribution in [2.24, 2.45) is 5.73 Å².